The summed E-state index contributed by atoms with van der Waals surface area (Å²) >= 11 is 0. The molecular formula is C15H22N4O2. The lowest BCUT2D eigenvalue weighted by Crippen LogP contribution is -2.10. The molecule has 6 nitrogen and oxygen atoms in total. The molecule has 1 N–H and O–H groups in total. The number of benzene rings is 1. The Labute approximate surface area is 125 Å². The number of hydrogen-bond donors (Lipinski definition) is 1. The van der Waals surface area contributed by atoms with Crippen molar-refractivity contribution in [1.82, 2.24) is 14.8 Å². The van der Waals surface area contributed by atoms with Crippen LogP contribution in [0.1, 0.15) is 26.6 Å². The molecule has 1 aromatic heterocycles. The van der Waals surface area contributed by atoms with Crippen LogP contribution < -0.4 is 14.8 Å². The molecule has 0 atom stereocenters. The lowest BCUT2D eigenvalue weighted by molar-refractivity contribution is 0.332. The van der Waals surface area contributed by atoms with Crippen molar-refractivity contribution in [3.05, 3.63) is 30.4 Å². The zero-order valence-corrected chi connectivity index (χ0v) is 12.8. The summed E-state index contributed by atoms with van der Waals surface area (Å²) in [5.74, 6) is 2.52. The quantitative estimate of drug-likeness (QED) is 0.810. The van der Waals surface area contributed by atoms with E-state index in [0.717, 1.165) is 29.6 Å². The van der Waals surface area contributed by atoms with Crippen molar-refractivity contribution < 1.29 is 9.47 Å². The molecule has 114 valence electrons. The van der Waals surface area contributed by atoms with E-state index < -0.39 is 0 Å². The van der Waals surface area contributed by atoms with E-state index >= 15 is 0 Å². The minimum absolute atomic E-state index is 0.587. The number of ether oxygens (including phenoxy) is 2. The van der Waals surface area contributed by atoms with E-state index in [2.05, 4.69) is 15.4 Å². The van der Waals surface area contributed by atoms with E-state index in [-0.39, 0.29) is 0 Å². The predicted octanol–water partition coefficient (Wildman–Crippen LogP) is 2.71. The van der Waals surface area contributed by atoms with Crippen molar-refractivity contribution in [2.45, 2.75) is 33.9 Å². The first-order valence-corrected chi connectivity index (χ1v) is 7.28. The summed E-state index contributed by atoms with van der Waals surface area (Å²) in [6.45, 7) is 8.62. The van der Waals surface area contributed by atoms with Crippen LogP contribution in [0.5, 0.6) is 11.5 Å². The fourth-order valence-corrected chi connectivity index (χ4v) is 2.05. The standard InChI is InChI=1S/C15H22N4O2/c1-4-19-15(17-11-18-19)10-16-13-9-12(20-5-2)7-8-14(13)21-6-3/h7-9,11,16H,4-6,10H2,1-3H3. The third-order valence-electron chi connectivity index (χ3n) is 2.99. The molecule has 0 saturated carbocycles. The van der Waals surface area contributed by atoms with Gasteiger partial charge in [0.05, 0.1) is 25.4 Å². The molecule has 6 heteroatoms. The number of nitrogens with zero attached hydrogens (tertiary/aromatic N) is 3. The highest BCUT2D eigenvalue weighted by Crippen LogP contribution is 2.29. The van der Waals surface area contributed by atoms with Gasteiger partial charge in [-0.1, -0.05) is 0 Å². The third kappa shape index (κ3) is 3.87. The molecule has 0 aliphatic heterocycles. The van der Waals surface area contributed by atoms with Crippen LogP contribution in [0.2, 0.25) is 0 Å². The molecule has 1 heterocycles. The van der Waals surface area contributed by atoms with Gasteiger partial charge in [-0.15, -0.1) is 0 Å². The predicted molar refractivity (Wildman–Crippen MR) is 81.8 cm³/mol. The Kier molecular flexibility index (Phi) is 5.43. The maximum Gasteiger partial charge on any atom is 0.146 e. The lowest BCUT2D eigenvalue weighted by atomic mass is 10.2. The molecule has 0 radical (unpaired) electrons. The monoisotopic (exact) mass is 290 g/mol. The van der Waals surface area contributed by atoms with Gasteiger partial charge in [0.2, 0.25) is 0 Å². The minimum Gasteiger partial charge on any atom is -0.494 e. The van der Waals surface area contributed by atoms with Crippen LogP contribution in [0.3, 0.4) is 0 Å². The van der Waals surface area contributed by atoms with Crippen molar-refractivity contribution >= 4 is 5.69 Å². The first-order valence-electron chi connectivity index (χ1n) is 7.28. The van der Waals surface area contributed by atoms with E-state index in [1.807, 2.05) is 43.7 Å². The maximum atomic E-state index is 5.64. The first kappa shape index (κ1) is 15.2. The van der Waals surface area contributed by atoms with Crippen LogP contribution in [0.25, 0.3) is 0 Å². The third-order valence-corrected chi connectivity index (χ3v) is 2.99. The molecular weight excluding hydrogens is 268 g/mol. The van der Waals surface area contributed by atoms with Crippen LogP contribution in [0, 0.1) is 0 Å². The van der Waals surface area contributed by atoms with Crippen molar-refractivity contribution in [2.75, 3.05) is 18.5 Å². The van der Waals surface area contributed by atoms with Crippen LogP contribution >= 0.6 is 0 Å². The molecule has 0 fully saturated rings. The van der Waals surface area contributed by atoms with Gasteiger partial charge < -0.3 is 14.8 Å². The Morgan fingerprint density at radius 3 is 2.67 bits per heavy atom. The Morgan fingerprint density at radius 2 is 1.95 bits per heavy atom. The van der Waals surface area contributed by atoms with Gasteiger partial charge in [-0.2, -0.15) is 5.10 Å². The number of rotatable bonds is 8. The second kappa shape index (κ2) is 7.52. The molecule has 0 bridgehead atoms. The topological polar surface area (TPSA) is 61.2 Å². The second-order valence-corrected chi connectivity index (χ2v) is 4.37. The minimum atomic E-state index is 0.587. The summed E-state index contributed by atoms with van der Waals surface area (Å²) in [7, 11) is 0. The van der Waals surface area contributed by atoms with E-state index in [1.165, 1.54) is 0 Å². The highest BCUT2D eigenvalue weighted by molar-refractivity contribution is 5.59. The molecule has 2 rings (SSSR count). The molecule has 0 aliphatic rings. The Bertz CT molecular complexity index is 569. The smallest absolute Gasteiger partial charge is 0.146 e. The molecule has 0 aliphatic carbocycles. The SMILES string of the molecule is CCOc1ccc(OCC)c(NCc2ncnn2CC)c1. The highest BCUT2D eigenvalue weighted by atomic mass is 16.5. The van der Waals surface area contributed by atoms with Gasteiger partial charge >= 0.3 is 0 Å². The number of aryl methyl sites for hydroxylation is 1. The van der Waals surface area contributed by atoms with Gasteiger partial charge in [0, 0.05) is 12.6 Å². The number of nitrogens with one attached hydrogen (secondary N) is 1. The Hall–Kier alpha value is -2.24. The molecule has 2 aromatic rings. The number of anilines is 1. The van der Waals surface area contributed by atoms with Crippen LogP contribution in [0.4, 0.5) is 5.69 Å². The van der Waals surface area contributed by atoms with Crippen LogP contribution in [-0.4, -0.2) is 28.0 Å². The maximum absolute atomic E-state index is 5.64. The summed E-state index contributed by atoms with van der Waals surface area (Å²) in [5, 5.41) is 7.51. The molecule has 1 aromatic carbocycles. The average molecular weight is 290 g/mol. The van der Waals surface area contributed by atoms with E-state index in [1.54, 1.807) is 6.33 Å². The van der Waals surface area contributed by atoms with E-state index in [9.17, 15) is 0 Å². The summed E-state index contributed by atoms with van der Waals surface area (Å²) in [4.78, 5) is 4.25. The van der Waals surface area contributed by atoms with E-state index in [0.29, 0.717) is 19.8 Å². The molecule has 0 saturated heterocycles. The fourth-order valence-electron chi connectivity index (χ4n) is 2.05. The van der Waals surface area contributed by atoms with Gasteiger partial charge in [-0.3, -0.25) is 0 Å². The van der Waals surface area contributed by atoms with Crippen LogP contribution in [-0.2, 0) is 13.1 Å². The van der Waals surface area contributed by atoms with E-state index in [4.69, 9.17) is 9.47 Å². The molecule has 0 unspecified atom stereocenters. The van der Waals surface area contributed by atoms with Gasteiger partial charge in [-0.05, 0) is 32.9 Å². The van der Waals surface area contributed by atoms with Gasteiger partial charge in [0.15, 0.2) is 0 Å². The average Bonchev–Trinajstić information content (AvgIpc) is 2.95. The fraction of sp³-hybridized carbons (Fsp3) is 0.467. The summed E-state index contributed by atoms with van der Waals surface area (Å²) in [5.41, 5.74) is 0.897. The Morgan fingerprint density at radius 1 is 1.14 bits per heavy atom. The first-order chi connectivity index (χ1) is 10.3. The van der Waals surface area contributed by atoms with Crippen LogP contribution in [0.15, 0.2) is 24.5 Å². The van der Waals surface area contributed by atoms with Crippen molar-refractivity contribution in [3.8, 4) is 11.5 Å². The van der Waals surface area contributed by atoms with Crippen molar-refractivity contribution in [1.29, 1.82) is 0 Å². The summed E-state index contributed by atoms with van der Waals surface area (Å²) in [6.07, 6.45) is 1.57. The number of aromatic nitrogens is 3. The molecule has 0 amide bonds. The van der Waals surface area contributed by atoms with Gasteiger partial charge in [0.25, 0.3) is 0 Å². The summed E-state index contributed by atoms with van der Waals surface area (Å²) in [6, 6.07) is 5.77. The van der Waals surface area contributed by atoms with Gasteiger partial charge in [-0.25, -0.2) is 9.67 Å². The molecule has 21 heavy (non-hydrogen) atoms. The summed E-state index contributed by atoms with van der Waals surface area (Å²) < 4.78 is 13.0. The largest absolute Gasteiger partial charge is 0.494 e. The second-order valence-electron chi connectivity index (χ2n) is 4.37. The molecule has 0 spiro atoms. The zero-order valence-electron chi connectivity index (χ0n) is 12.8. The van der Waals surface area contributed by atoms with Gasteiger partial charge in [0.1, 0.15) is 23.7 Å². The normalized spacial score (nSPS) is 10.4. The van der Waals surface area contributed by atoms with Crippen molar-refractivity contribution in [3.63, 3.8) is 0 Å². The number of hydrogen-bond acceptors (Lipinski definition) is 5. The van der Waals surface area contributed by atoms with Crippen molar-refractivity contribution in [2.24, 2.45) is 0 Å². The lowest BCUT2D eigenvalue weighted by Gasteiger charge is -2.14. The highest BCUT2D eigenvalue weighted by Gasteiger charge is 2.08. The zero-order chi connectivity index (χ0) is 15.1. The Balaban J connectivity index is 2.14.